The van der Waals surface area contributed by atoms with Crippen LogP contribution in [0.5, 0.6) is 0 Å². The van der Waals surface area contributed by atoms with Crippen molar-refractivity contribution in [3.8, 4) is 0 Å². The third kappa shape index (κ3) is 5.55. The van der Waals surface area contributed by atoms with E-state index in [0.29, 0.717) is 12.1 Å². The average molecular weight is 382 g/mol. The molecule has 2 rings (SSSR count). The first-order valence-corrected chi connectivity index (χ1v) is 10.2. The van der Waals surface area contributed by atoms with Crippen molar-refractivity contribution in [3.05, 3.63) is 53.8 Å². The van der Waals surface area contributed by atoms with Gasteiger partial charge in [-0.15, -0.1) is 11.8 Å². The van der Waals surface area contributed by atoms with Gasteiger partial charge in [0.2, 0.25) is 15.9 Å². The van der Waals surface area contributed by atoms with Crippen LogP contribution in [0.2, 0.25) is 0 Å². The standard InChI is InChI=1S/C17H19FN2O3S2/c1-12(21)20-16-11-15(7-8-17(16)24-2)25(22,23)19-10-9-13-3-5-14(18)6-4-13/h3-8,11,19H,9-10H2,1-2H3,(H,20,21). The molecule has 0 atom stereocenters. The Bertz CT molecular complexity index is 853. The van der Waals surface area contributed by atoms with E-state index in [0.717, 1.165) is 10.5 Å². The van der Waals surface area contributed by atoms with Gasteiger partial charge >= 0.3 is 0 Å². The number of halogens is 1. The number of thioether (sulfide) groups is 1. The van der Waals surface area contributed by atoms with E-state index in [1.807, 2.05) is 6.26 Å². The van der Waals surface area contributed by atoms with Crippen molar-refractivity contribution >= 4 is 33.4 Å². The van der Waals surface area contributed by atoms with Crippen molar-refractivity contribution < 1.29 is 17.6 Å². The minimum absolute atomic E-state index is 0.0770. The molecule has 0 aliphatic rings. The number of carbonyl (C=O) groups is 1. The lowest BCUT2D eigenvalue weighted by molar-refractivity contribution is -0.114. The van der Waals surface area contributed by atoms with Gasteiger partial charge in [0, 0.05) is 18.4 Å². The summed E-state index contributed by atoms with van der Waals surface area (Å²) in [5.74, 6) is -0.599. The summed E-state index contributed by atoms with van der Waals surface area (Å²) in [5.41, 5.74) is 1.29. The normalized spacial score (nSPS) is 11.3. The first kappa shape index (κ1) is 19.4. The predicted molar refractivity (Wildman–Crippen MR) is 97.8 cm³/mol. The Morgan fingerprint density at radius 3 is 2.44 bits per heavy atom. The fourth-order valence-electron chi connectivity index (χ4n) is 2.21. The summed E-state index contributed by atoms with van der Waals surface area (Å²) in [6, 6.07) is 10.5. The fourth-order valence-corrected chi connectivity index (χ4v) is 3.80. The third-order valence-electron chi connectivity index (χ3n) is 3.41. The number of nitrogens with one attached hydrogen (secondary N) is 2. The number of hydrogen-bond donors (Lipinski definition) is 2. The number of rotatable bonds is 7. The highest BCUT2D eigenvalue weighted by Crippen LogP contribution is 2.28. The molecule has 0 unspecified atom stereocenters. The fraction of sp³-hybridized carbons (Fsp3) is 0.235. The lowest BCUT2D eigenvalue weighted by atomic mass is 10.1. The largest absolute Gasteiger partial charge is 0.325 e. The molecule has 0 bridgehead atoms. The van der Waals surface area contributed by atoms with E-state index in [1.54, 1.807) is 18.2 Å². The van der Waals surface area contributed by atoms with Gasteiger partial charge in [0.25, 0.3) is 0 Å². The number of carbonyl (C=O) groups excluding carboxylic acids is 1. The molecule has 0 spiro atoms. The predicted octanol–water partition coefficient (Wildman–Crippen LogP) is 3.03. The van der Waals surface area contributed by atoms with Crippen molar-refractivity contribution in [2.75, 3.05) is 18.1 Å². The maximum atomic E-state index is 12.9. The summed E-state index contributed by atoms with van der Waals surface area (Å²) >= 11 is 1.41. The minimum Gasteiger partial charge on any atom is -0.325 e. The molecule has 0 fully saturated rings. The molecule has 0 aromatic heterocycles. The lowest BCUT2D eigenvalue weighted by Crippen LogP contribution is -2.26. The second-order valence-electron chi connectivity index (χ2n) is 5.32. The minimum atomic E-state index is -3.71. The summed E-state index contributed by atoms with van der Waals surface area (Å²) in [5, 5.41) is 2.64. The van der Waals surface area contributed by atoms with E-state index in [-0.39, 0.29) is 23.2 Å². The third-order valence-corrected chi connectivity index (χ3v) is 5.67. The highest BCUT2D eigenvalue weighted by molar-refractivity contribution is 7.98. The monoisotopic (exact) mass is 382 g/mol. The topological polar surface area (TPSA) is 75.3 Å². The molecule has 5 nitrogen and oxygen atoms in total. The number of benzene rings is 2. The van der Waals surface area contributed by atoms with Crippen LogP contribution in [-0.4, -0.2) is 27.1 Å². The van der Waals surface area contributed by atoms with Gasteiger partial charge in [0.05, 0.1) is 10.6 Å². The van der Waals surface area contributed by atoms with Crippen molar-refractivity contribution in [2.24, 2.45) is 0 Å². The van der Waals surface area contributed by atoms with E-state index in [1.165, 1.54) is 43.0 Å². The molecule has 1 amide bonds. The Labute approximate surface area is 151 Å². The molecule has 2 N–H and O–H groups in total. The average Bonchev–Trinajstić information content (AvgIpc) is 2.56. The summed E-state index contributed by atoms with van der Waals surface area (Å²) in [4.78, 5) is 12.1. The maximum Gasteiger partial charge on any atom is 0.240 e. The van der Waals surface area contributed by atoms with E-state index in [4.69, 9.17) is 0 Å². The Hall–Kier alpha value is -1.90. The van der Waals surface area contributed by atoms with Gasteiger partial charge in [-0.2, -0.15) is 0 Å². The molecule has 0 aliphatic heterocycles. The van der Waals surface area contributed by atoms with Gasteiger partial charge in [0.1, 0.15) is 5.82 Å². The second-order valence-corrected chi connectivity index (χ2v) is 7.93. The Balaban J connectivity index is 2.10. The van der Waals surface area contributed by atoms with Crippen LogP contribution >= 0.6 is 11.8 Å². The summed E-state index contributed by atoms with van der Waals surface area (Å²) in [6.07, 6.45) is 2.29. The Morgan fingerprint density at radius 1 is 1.16 bits per heavy atom. The summed E-state index contributed by atoms with van der Waals surface area (Å²) in [7, 11) is -3.71. The molecule has 0 saturated heterocycles. The molecule has 2 aromatic carbocycles. The number of sulfonamides is 1. The summed E-state index contributed by atoms with van der Waals surface area (Å²) < 4.78 is 40.2. The first-order chi connectivity index (χ1) is 11.8. The highest BCUT2D eigenvalue weighted by atomic mass is 32.2. The summed E-state index contributed by atoms with van der Waals surface area (Å²) in [6.45, 7) is 1.56. The quantitative estimate of drug-likeness (QED) is 0.722. The van der Waals surface area contributed by atoms with Crippen LogP contribution in [0.15, 0.2) is 52.3 Å². The van der Waals surface area contributed by atoms with Gasteiger partial charge < -0.3 is 5.32 Å². The number of hydrogen-bond acceptors (Lipinski definition) is 4. The molecule has 8 heteroatoms. The smallest absolute Gasteiger partial charge is 0.240 e. The molecule has 25 heavy (non-hydrogen) atoms. The SMILES string of the molecule is CSc1ccc(S(=O)(=O)NCCc2ccc(F)cc2)cc1NC(C)=O. The van der Waals surface area contributed by atoms with Gasteiger partial charge in [-0.3, -0.25) is 4.79 Å². The van der Waals surface area contributed by atoms with Crippen LogP contribution in [0.25, 0.3) is 0 Å². The molecule has 0 saturated carbocycles. The lowest BCUT2D eigenvalue weighted by Gasteiger charge is -2.12. The van der Waals surface area contributed by atoms with Crippen LogP contribution in [-0.2, 0) is 21.2 Å². The van der Waals surface area contributed by atoms with Crippen LogP contribution in [0.3, 0.4) is 0 Å². The van der Waals surface area contributed by atoms with Gasteiger partial charge in [-0.05, 0) is 48.6 Å². The first-order valence-electron chi connectivity index (χ1n) is 7.51. The van der Waals surface area contributed by atoms with Crippen molar-refractivity contribution in [2.45, 2.75) is 23.1 Å². The maximum absolute atomic E-state index is 12.9. The van der Waals surface area contributed by atoms with Crippen molar-refractivity contribution in [3.63, 3.8) is 0 Å². The van der Waals surface area contributed by atoms with E-state index >= 15 is 0 Å². The van der Waals surface area contributed by atoms with Gasteiger partial charge in [-0.1, -0.05) is 12.1 Å². The van der Waals surface area contributed by atoms with Crippen molar-refractivity contribution in [1.82, 2.24) is 4.72 Å². The van der Waals surface area contributed by atoms with Gasteiger partial charge in [0.15, 0.2) is 0 Å². The van der Waals surface area contributed by atoms with Crippen molar-refractivity contribution in [1.29, 1.82) is 0 Å². The molecular weight excluding hydrogens is 363 g/mol. The number of amides is 1. The zero-order valence-corrected chi connectivity index (χ0v) is 15.5. The van der Waals surface area contributed by atoms with Crippen LogP contribution in [0.1, 0.15) is 12.5 Å². The van der Waals surface area contributed by atoms with Crippen LogP contribution < -0.4 is 10.0 Å². The van der Waals surface area contributed by atoms with Crippen LogP contribution in [0, 0.1) is 5.82 Å². The Morgan fingerprint density at radius 2 is 1.84 bits per heavy atom. The number of anilines is 1. The van der Waals surface area contributed by atoms with E-state index in [9.17, 15) is 17.6 Å². The Kier molecular flexibility index (Phi) is 6.57. The van der Waals surface area contributed by atoms with E-state index in [2.05, 4.69) is 10.0 Å². The molecule has 2 aromatic rings. The molecule has 0 heterocycles. The zero-order valence-electron chi connectivity index (χ0n) is 13.9. The molecule has 0 radical (unpaired) electrons. The van der Waals surface area contributed by atoms with Crippen LogP contribution in [0.4, 0.5) is 10.1 Å². The van der Waals surface area contributed by atoms with Gasteiger partial charge in [-0.25, -0.2) is 17.5 Å². The molecule has 134 valence electrons. The highest BCUT2D eigenvalue weighted by Gasteiger charge is 2.16. The molecule has 0 aliphatic carbocycles. The zero-order chi connectivity index (χ0) is 18.4. The van der Waals surface area contributed by atoms with E-state index < -0.39 is 10.0 Å². The second kappa shape index (κ2) is 8.46. The molecular formula is C17H19FN2O3S2.